The van der Waals surface area contributed by atoms with Crippen LogP contribution in [0, 0.1) is 5.82 Å². The third-order valence-electron chi connectivity index (χ3n) is 3.34. The van der Waals surface area contributed by atoms with E-state index in [1.165, 1.54) is 13.2 Å². The highest BCUT2D eigenvalue weighted by Crippen LogP contribution is 2.31. The van der Waals surface area contributed by atoms with Crippen molar-refractivity contribution in [3.8, 4) is 5.75 Å². The Balaban J connectivity index is 2.26. The van der Waals surface area contributed by atoms with Crippen LogP contribution in [0.3, 0.4) is 0 Å². The highest BCUT2D eigenvalue weighted by Gasteiger charge is 2.20. The molecule has 3 nitrogen and oxygen atoms in total. The zero-order valence-electron chi connectivity index (χ0n) is 11.0. The molecular formula is C15H17FN2O. The number of pyridine rings is 1. The Kier molecular flexibility index (Phi) is 4.12. The number of ether oxygens (including phenoxy) is 1. The summed E-state index contributed by atoms with van der Waals surface area (Å²) >= 11 is 0. The third kappa shape index (κ3) is 2.90. The first-order chi connectivity index (χ1) is 9.13. The molecule has 2 atom stereocenters. The number of hydrogen-bond donors (Lipinski definition) is 1. The Bertz CT molecular complexity index is 545. The van der Waals surface area contributed by atoms with Crippen molar-refractivity contribution in [1.29, 1.82) is 0 Å². The lowest BCUT2D eigenvalue weighted by Gasteiger charge is -2.21. The minimum absolute atomic E-state index is 0.00546. The summed E-state index contributed by atoms with van der Waals surface area (Å²) in [6, 6.07) is 8.13. The molecule has 1 aromatic heterocycles. The van der Waals surface area contributed by atoms with Crippen LogP contribution in [0.25, 0.3) is 0 Å². The molecule has 0 saturated carbocycles. The minimum Gasteiger partial charge on any atom is -0.497 e. The Morgan fingerprint density at radius 2 is 1.89 bits per heavy atom. The lowest BCUT2D eigenvalue weighted by atomic mass is 9.89. The third-order valence-corrected chi connectivity index (χ3v) is 3.34. The van der Waals surface area contributed by atoms with Crippen LogP contribution in [0.4, 0.5) is 4.39 Å². The van der Waals surface area contributed by atoms with E-state index in [2.05, 4.69) is 4.98 Å². The van der Waals surface area contributed by atoms with E-state index >= 15 is 0 Å². The first-order valence-corrected chi connectivity index (χ1v) is 6.12. The van der Waals surface area contributed by atoms with Gasteiger partial charge in [-0.15, -0.1) is 0 Å². The van der Waals surface area contributed by atoms with Gasteiger partial charge in [-0.25, -0.2) is 4.39 Å². The highest BCUT2D eigenvalue weighted by atomic mass is 19.1. The summed E-state index contributed by atoms with van der Waals surface area (Å²) < 4.78 is 19.0. The summed E-state index contributed by atoms with van der Waals surface area (Å²) in [6.45, 7) is 1.98. The Hall–Kier alpha value is -1.94. The molecular weight excluding hydrogens is 243 g/mol. The van der Waals surface area contributed by atoms with Crippen LogP contribution in [0.2, 0.25) is 0 Å². The van der Waals surface area contributed by atoms with E-state index in [-0.39, 0.29) is 11.7 Å². The van der Waals surface area contributed by atoms with Crippen molar-refractivity contribution in [1.82, 2.24) is 4.98 Å². The number of nitrogens with zero attached hydrogens (tertiary/aromatic N) is 1. The molecule has 0 bridgehead atoms. The zero-order chi connectivity index (χ0) is 13.8. The second-order valence-electron chi connectivity index (χ2n) is 4.48. The Morgan fingerprint density at radius 3 is 2.47 bits per heavy atom. The molecule has 19 heavy (non-hydrogen) atoms. The fourth-order valence-electron chi connectivity index (χ4n) is 2.05. The minimum atomic E-state index is -0.409. The molecule has 1 aromatic carbocycles. The van der Waals surface area contributed by atoms with Crippen LogP contribution in [0.15, 0.2) is 42.7 Å². The van der Waals surface area contributed by atoms with Crippen molar-refractivity contribution in [2.45, 2.75) is 18.9 Å². The quantitative estimate of drug-likeness (QED) is 0.919. The molecule has 0 fully saturated rings. The van der Waals surface area contributed by atoms with Crippen molar-refractivity contribution < 1.29 is 9.13 Å². The maximum atomic E-state index is 14.0. The molecule has 0 saturated heterocycles. The molecule has 1 heterocycles. The topological polar surface area (TPSA) is 48.1 Å². The van der Waals surface area contributed by atoms with Crippen LogP contribution < -0.4 is 10.5 Å². The van der Waals surface area contributed by atoms with E-state index in [9.17, 15) is 4.39 Å². The molecule has 0 aliphatic carbocycles. The van der Waals surface area contributed by atoms with Gasteiger partial charge >= 0.3 is 0 Å². The van der Waals surface area contributed by atoms with Crippen LogP contribution in [0.5, 0.6) is 5.75 Å². The van der Waals surface area contributed by atoms with Gasteiger partial charge in [0.15, 0.2) is 0 Å². The lowest BCUT2D eigenvalue weighted by molar-refractivity contribution is 0.409. The standard InChI is InChI=1S/C15H17FN2O/c1-10(11-5-7-18-8-6-11)15(17)13-4-3-12(19-2)9-14(13)16/h3-10,15H,17H2,1-2H3. The fraction of sp³-hybridized carbons (Fsp3) is 0.267. The maximum absolute atomic E-state index is 14.0. The van der Waals surface area contributed by atoms with Crippen molar-refractivity contribution in [3.63, 3.8) is 0 Å². The van der Waals surface area contributed by atoms with E-state index in [1.54, 1.807) is 24.5 Å². The normalized spacial score (nSPS) is 13.9. The van der Waals surface area contributed by atoms with Gasteiger partial charge in [-0.2, -0.15) is 0 Å². The summed E-state index contributed by atoms with van der Waals surface area (Å²) in [4.78, 5) is 3.97. The summed E-state index contributed by atoms with van der Waals surface area (Å²) in [5.74, 6) is 0.156. The molecule has 2 N–H and O–H groups in total. The van der Waals surface area contributed by atoms with Crippen LogP contribution in [-0.4, -0.2) is 12.1 Å². The van der Waals surface area contributed by atoms with E-state index in [0.717, 1.165) is 5.56 Å². The van der Waals surface area contributed by atoms with E-state index < -0.39 is 6.04 Å². The number of benzene rings is 1. The lowest BCUT2D eigenvalue weighted by Crippen LogP contribution is -2.19. The fourth-order valence-corrected chi connectivity index (χ4v) is 2.05. The molecule has 4 heteroatoms. The molecule has 0 aliphatic heterocycles. The summed E-state index contributed by atoms with van der Waals surface area (Å²) in [5, 5.41) is 0. The Labute approximate surface area is 112 Å². The van der Waals surface area contributed by atoms with E-state index in [4.69, 9.17) is 10.5 Å². The maximum Gasteiger partial charge on any atom is 0.131 e. The van der Waals surface area contributed by atoms with Gasteiger partial charge in [-0.3, -0.25) is 4.98 Å². The number of rotatable bonds is 4. The first kappa shape index (κ1) is 13.5. The average molecular weight is 260 g/mol. The van der Waals surface area contributed by atoms with Crippen molar-refractivity contribution >= 4 is 0 Å². The van der Waals surface area contributed by atoms with Gasteiger partial charge in [-0.05, 0) is 23.8 Å². The molecule has 2 rings (SSSR count). The van der Waals surface area contributed by atoms with Crippen LogP contribution in [-0.2, 0) is 0 Å². The van der Waals surface area contributed by atoms with Gasteiger partial charge in [-0.1, -0.05) is 13.0 Å². The second-order valence-corrected chi connectivity index (χ2v) is 4.48. The molecule has 0 amide bonds. The molecule has 2 aromatic rings. The molecule has 0 spiro atoms. The second kappa shape index (κ2) is 5.80. The number of hydrogen-bond acceptors (Lipinski definition) is 3. The monoisotopic (exact) mass is 260 g/mol. The van der Waals surface area contributed by atoms with Gasteiger partial charge in [0.2, 0.25) is 0 Å². The van der Waals surface area contributed by atoms with E-state index in [1.807, 2.05) is 19.1 Å². The van der Waals surface area contributed by atoms with Gasteiger partial charge in [0.1, 0.15) is 11.6 Å². The number of methoxy groups -OCH3 is 1. The first-order valence-electron chi connectivity index (χ1n) is 6.12. The van der Waals surface area contributed by atoms with Crippen molar-refractivity contribution in [2.24, 2.45) is 5.73 Å². The predicted molar refractivity (Wildman–Crippen MR) is 72.5 cm³/mol. The molecule has 0 radical (unpaired) electrons. The van der Waals surface area contributed by atoms with Gasteiger partial charge in [0, 0.05) is 36.0 Å². The molecule has 0 aliphatic rings. The van der Waals surface area contributed by atoms with Crippen molar-refractivity contribution in [3.05, 3.63) is 59.7 Å². The SMILES string of the molecule is COc1ccc(C(N)C(C)c2ccncc2)c(F)c1. The molecule has 100 valence electrons. The predicted octanol–water partition coefficient (Wildman–Crippen LogP) is 3.03. The summed E-state index contributed by atoms with van der Waals surface area (Å²) in [5.41, 5.74) is 7.69. The van der Waals surface area contributed by atoms with Crippen LogP contribution >= 0.6 is 0 Å². The smallest absolute Gasteiger partial charge is 0.131 e. The van der Waals surface area contributed by atoms with Crippen LogP contribution in [0.1, 0.15) is 30.0 Å². The average Bonchev–Trinajstić information content (AvgIpc) is 2.46. The number of halogens is 1. The molecule has 2 unspecified atom stereocenters. The Morgan fingerprint density at radius 1 is 1.21 bits per heavy atom. The van der Waals surface area contributed by atoms with E-state index in [0.29, 0.717) is 11.3 Å². The summed E-state index contributed by atoms with van der Waals surface area (Å²) in [7, 11) is 1.51. The van der Waals surface area contributed by atoms with Gasteiger partial charge in [0.25, 0.3) is 0 Å². The number of nitrogens with two attached hydrogens (primary N) is 1. The number of aromatic nitrogens is 1. The largest absolute Gasteiger partial charge is 0.497 e. The highest BCUT2D eigenvalue weighted by molar-refractivity contribution is 5.33. The zero-order valence-corrected chi connectivity index (χ0v) is 11.0. The summed E-state index contributed by atoms with van der Waals surface area (Å²) in [6.07, 6.45) is 3.42. The van der Waals surface area contributed by atoms with Crippen molar-refractivity contribution in [2.75, 3.05) is 7.11 Å². The van der Waals surface area contributed by atoms with Gasteiger partial charge in [0.05, 0.1) is 7.11 Å². The van der Waals surface area contributed by atoms with Gasteiger partial charge < -0.3 is 10.5 Å².